The van der Waals surface area contributed by atoms with Gasteiger partial charge < -0.3 is 10.1 Å². The normalized spacial score (nSPS) is 23.5. The van der Waals surface area contributed by atoms with Gasteiger partial charge in [-0.25, -0.2) is 0 Å². The van der Waals surface area contributed by atoms with Crippen molar-refractivity contribution in [1.29, 1.82) is 0 Å². The van der Waals surface area contributed by atoms with Crippen LogP contribution >= 0.6 is 15.9 Å². The molecule has 2 rings (SSSR count). The van der Waals surface area contributed by atoms with Gasteiger partial charge in [0.1, 0.15) is 5.75 Å². The Hall–Kier alpha value is -0.700. The summed E-state index contributed by atoms with van der Waals surface area (Å²) in [7, 11) is 1.73. The summed E-state index contributed by atoms with van der Waals surface area (Å²) in [5.74, 6) is 1.77. The summed E-state index contributed by atoms with van der Waals surface area (Å²) in [4.78, 5) is 0. The number of halogens is 1. The van der Waals surface area contributed by atoms with Gasteiger partial charge in [-0.2, -0.15) is 0 Å². The second-order valence-corrected chi connectivity index (χ2v) is 8.17. The molecule has 1 aromatic rings. The van der Waals surface area contributed by atoms with Crippen LogP contribution in [0.5, 0.6) is 5.75 Å². The lowest BCUT2D eigenvalue weighted by Crippen LogP contribution is -2.21. The number of hydrogen-bond donors (Lipinski definition) is 1. The number of hydrogen-bond acceptors (Lipinski definition) is 2. The lowest BCUT2D eigenvalue weighted by Gasteiger charge is -2.29. The van der Waals surface area contributed by atoms with Crippen LogP contribution in [0.1, 0.15) is 52.9 Å². The number of anilines is 1. The zero-order valence-electron chi connectivity index (χ0n) is 13.7. The van der Waals surface area contributed by atoms with Gasteiger partial charge in [-0.05, 0) is 55.2 Å². The topological polar surface area (TPSA) is 21.3 Å². The summed E-state index contributed by atoms with van der Waals surface area (Å²) in [5.41, 5.74) is 1.54. The zero-order chi connectivity index (χ0) is 15.5. The van der Waals surface area contributed by atoms with Gasteiger partial charge in [0.25, 0.3) is 0 Å². The van der Waals surface area contributed by atoms with Crippen molar-refractivity contribution in [3.63, 3.8) is 0 Å². The van der Waals surface area contributed by atoms with Gasteiger partial charge in [0.2, 0.25) is 0 Å². The first-order valence-corrected chi connectivity index (χ1v) is 8.79. The maximum atomic E-state index is 5.47. The van der Waals surface area contributed by atoms with Crippen LogP contribution in [0, 0.1) is 11.3 Å². The summed E-state index contributed by atoms with van der Waals surface area (Å²) >= 11 is 3.55. The molecule has 0 radical (unpaired) electrons. The van der Waals surface area contributed by atoms with E-state index in [1.165, 1.54) is 32.1 Å². The number of rotatable bonds is 3. The van der Waals surface area contributed by atoms with Crippen LogP contribution in [-0.2, 0) is 0 Å². The molecule has 0 aliphatic heterocycles. The fraction of sp³-hybridized carbons (Fsp3) is 0.667. The highest BCUT2D eigenvalue weighted by atomic mass is 79.9. The lowest BCUT2D eigenvalue weighted by atomic mass is 9.76. The third-order valence-corrected chi connectivity index (χ3v) is 5.21. The van der Waals surface area contributed by atoms with Crippen LogP contribution in [0.25, 0.3) is 0 Å². The molecular formula is C18H28BrNO. The van der Waals surface area contributed by atoms with Crippen LogP contribution in [-0.4, -0.2) is 13.2 Å². The molecule has 1 aliphatic rings. The van der Waals surface area contributed by atoms with E-state index in [4.69, 9.17) is 4.74 Å². The monoisotopic (exact) mass is 353 g/mol. The second kappa shape index (κ2) is 7.04. The van der Waals surface area contributed by atoms with Gasteiger partial charge >= 0.3 is 0 Å². The van der Waals surface area contributed by atoms with Gasteiger partial charge in [0, 0.05) is 10.5 Å². The molecule has 1 fully saturated rings. The fourth-order valence-electron chi connectivity index (χ4n) is 3.32. The van der Waals surface area contributed by atoms with E-state index in [1.807, 2.05) is 12.1 Å². The van der Waals surface area contributed by atoms with E-state index in [0.717, 1.165) is 21.8 Å². The first-order valence-electron chi connectivity index (χ1n) is 8.00. The van der Waals surface area contributed by atoms with Crippen molar-refractivity contribution >= 4 is 21.6 Å². The summed E-state index contributed by atoms with van der Waals surface area (Å²) in [5, 5.41) is 3.70. The molecule has 1 aromatic carbocycles. The molecule has 2 atom stereocenters. The number of methoxy groups -OCH3 is 1. The largest absolute Gasteiger partial charge is 0.495 e. The van der Waals surface area contributed by atoms with Gasteiger partial charge in [-0.15, -0.1) is 0 Å². The Kier molecular flexibility index (Phi) is 5.59. The molecule has 0 aromatic heterocycles. The molecule has 2 unspecified atom stereocenters. The fourth-order valence-corrected chi connectivity index (χ4v) is 3.69. The average Bonchev–Trinajstić information content (AvgIpc) is 2.64. The molecule has 0 bridgehead atoms. The Morgan fingerprint density at radius 1 is 1.14 bits per heavy atom. The van der Waals surface area contributed by atoms with Crippen LogP contribution in [0.2, 0.25) is 0 Å². The molecule has 0 spiro atoms. The van der Waals surface area contributed by atoms with E-state index in [9.17, 15) is 0 Å². The van der Waals surface area contributed by atoms with Crippen molar-refractivity contribution in [3.8, 4) is 5.75 Å². The molecule has 0 heterocycles. The highest BCUT2D eigenvalue weighted by Crippen LogP contribution is 2.38. The standard InChI is InChI=1S/C18H28BrNO/c1-18(2,3)13-6-5-7-15(10-8-13)20-16-12-14(19)9-11-17(16)21-4/h9,11-13,15,20H,5-8,10H2,1-4H3. The Morgan fingerprint density at radius 2 is 1.90 bits per heavy atom. The van der Waals surface area contributed by atoms with E-state index in [-0.39, 0.29) is 0 Å². The molecule has 21 heavy (non-hydrogen) atoms. The van der Waals surface area contributed by atoms with Crippen molar-refractivity contribution in [1.82, 2.24) is 0 Å². The Labute approximate surface area is 137 Å². The van der Waals surface area contributed by atoms with E-state index in [1.54, 1.807) is 7.11 Å². The molecular weight excluding hydrogens is 326 g/mol. The number of ether oxygens (including phenoxy) is 1. The van der Waals surface area contributed by atoms with E-state index < -0.39 is 0 Å². The van der Waals surface area contributed by atoms with Crippen LogP contribution in [0.4, 0.5) is 5.69 Å². The Morgan fingerprint density at radius 3 is 2.57 bits per heavy atom. The first-order chi connectivity index (χ1) is 9.90. The van der Waals surface area contributed by atoms with Crippen molar-refractivity contribution in [2.24, 2.45) is 11.3 Å². The quantitative estimate of drug-likeness (QED) is 0.686. The smallest absolute Gasteiger partial charge is 0.142 e. The van der Waals surface area contributed by atoms with Crippen molar-refractivity contribution < 1.29 is 4.74 Å². The molecule has 1 saturated carbocycles. The molecule has 3 heteroatoms. The van der Waals surface area contributed by atoms with Crippen LogP contribution in [0.3, 0.4) is 0 Å². The maximum absolute atomic E-state index is 5.47. The average molecular weight is 354 g/mol. The number of benzene rings is 1. The van der Waals surface area contributed by atoms with E-state index in [2.05, 4.69) is 48.1 Å². The first kappa shape index (κ1) is 16.7. The predicted octanol–water partition coefficient (Wildman–Crippen LogP) is 5.86. The van der Waals surface area contributed by atoms with Gasteiger partial charge in [0.05, 0.1) is 12.8 Å². The lowest BCUT2D eigenvalue weighted by molar-refractivity contribution is 0.214. The van der Waals surface area contributed by atoms with Crippen molar-refractivity contribution in [2.75, 3.05) is 12.4 Å². The summed E-state index contributed by atoms with van der Waals surface area (Å²) < 4.78 is 6.55. The summed E-state index contributed by atoms with van der Waals surface area (Å²) in [6, 6.07) is 6.71. The third-order valence-electron chi connectivity index (χ3n) is 4.71. The summed E-state index contributed by atoms with van der Waals surface area (Å²) in [6.45, 7) is 7.13. The second-order valence-electron chi connectivity index (χ2n) is 7.26. The minimum Gasteiger partial charge on any atom is -0.495 e. The Bertz CT molecular complexity index is 467. The molecule has 0 amide bonds. The van der Waals surface area contributed by atoms with E-state index in [0.29, 0.717) is 11.5 Å². The SMILES string of the molecule is COc1ccc(Br)cc1NC1CCCC(C(C)(C)C)CC1. The molecule has 1 aliphatic carbocycles. The number of nitrogens with one attached hydrogen (secondary N) is 1. The van der Waals surface area contributed by atoms with Gasteiger partial charge in [-0.1, -0.05) is 43.1 Å². The van der Waals surface area contributed by atoms with Crippen LogP contribution < -0.4 is 10.1 Å². The minimum atomic E-state index is 0.433. The highest BCUT2D eigenvalue weighted by Gasteiger charge is 2.27. The molecule has 2 nitrogen and oxygen atoms in total. The van der Waals surface area contributed by atoms with Crippen LogP contribution in [0.15, 0.2) is 22.7 Å². The molecule has 0 saturated heterocycles. The van der Waals surface area contributed by atoms with E-state index >= 15 is 0 Å². The molecule has 118 valence electrons. The third kappa shape index (κ3) is 4.64. The maximum Gasteiger partial charge on any atom is 0.142 e. The Balaban J connectivity index is 2.02. The van der Waals surface area contributed by atoms with Gasteiger partial charge in [-0.3, -0.25) is 0 Å². The predicted molar refractivity (Wildman–Crippen MR) is 94.1 cm³/mol. The molecule has 1 N–H and O–H groups in total. The highest BCUT2D eigenvalue weighted by molar-refractivity contribution is 9.10. The van der Waals surface area contributed by atoms with Crippen molar-refractivity contribution in [3.05, 3.63) is 22.7 Å². The minimum absolute atomic E-state index is 0.433. The summed E-state index contributed by atoms with van der Waals surface area (Å²) in [6.07, 6.45) is 6.49. The van der Waals surface area contributed by atoms with Crippen molar-refractivity contribution in [2.45, 2.75) is 58.9 Å². The zero-order valence-corrected chi connectivity index (χ0v) is 15.3. The van der Waals surface area contributed by atoms with Gasteiger partial charge in [0.15, 0.2) is 0 Å².